The Morgan fingerprint density at radius 1 is 1.09 bits per heavy atom. The topological polar surface area (TPSA) is 55.1 Å². The number of furan rings is 1. The molecule has 0 aliphatic heterocycles. The van der Waals surface area contributed by atoms with Gasteiger partial charge < -0.3 is 9.73 Å². The zero-order chi connectivity index (χ0) is 16.1. The first-order valence-corrected chi connectivity index (χ1v) is 7.97. The van der Waals surface area contributed by atoms with Crippen LogP contribution >= 0.6 is 15.9 Å². The Morgan fingerprint density at radius 2 is 1.91 bits per heavy atom. The molecule has 0 aliphatic rings. The first-order valence-electron chi connectivity index (χ1n) is 7.18. The maximum absolute atomic E-state index is 12.0. The van der Waals surface area contributed by atoms with E-state index in [9.17, 15) is 4.79 Å². The molecule has 1 N–H and O–H groups in total. The van der Waals surface area contributed by atoms with E-state index < -0.39 is 0 Å². The molecule has 116 valence electrons. The van der Waals surface area contributed by atoms with Crippen molar-refractivity contribution in [3.63, 3.8) is 0 Å². The first-order chi connectivity index (χ1) is 11.2. The lowest BCUT2D eigenvalue weighted by Crippen LogP contribution is -2.24. The van der Waals surface area contributed by atoms with Gasteiger partial charge >= 0.3 is 0 Å². The Balaban J connectivity index is 1.58. The van der Waals surface area contributed by atoms with Crippen LogP contribution < -0.4 is 5.32 Å². The predicted octanol–water partition coefficient (Wildman–Crippen LogP) is 3.96. The number of nitrogens with zero attached hydrogens (tertiary/aromatic N) is 1. The fourth-order valence-electron chi connectivity index (χ4n) is 2.22. The molecule has 0 bridgehead atoms. The van der Waals surface area contributed by atoms with E-state index in [2.05, 4.69) is 26.2 Å². The number of aromatic nitrogens is 1. The largest absolute Gasteiger partial charge is 0.472 e. The van der Waals surface area contributed by atoms with Gasteiger partial charge in [0, 0.05) is 34.5 Å². The maximum Gasteiger partial charge on any atom is 0.224 e. The molecule has 0 saturated heterocycles. The predicted molar refractivity (Wildman–Crippen MR) is 91.6 cm³/mol. The van der Waals surface area contributed by atoms with Crippen LogP contribution in [0.1, 0.15) is 11.1 Å². The minimum Gasteiger partial charge on any atom is -0.472 e. The average Bonchev–Trinajstić information content (AvgIpc) is 3.10. The summed E-state index contributed by atoms with van der Waals surface area (Å²) < 4.78 is 6.08. The van der Waals surface area contributed by atoms with Crippen LogP contribution in [0.5, 0.6) is 0 Å². The summed E-state index contributed by atoms with van der Waals surface area (Å²) in [5.74, 6) is -0.0129. The summed E-state index contributed by atoms with van der Waals surface area (Å²) >= 11 is 3.38. The molecule has 2 aromatic heterocycles. The standard InChI is InChI=1S/C18H15BrN2O2/c19-17-3-1-13(2-4-17)8-18(22)21-10-14-7-16(11-20-9-14)15-5-6-23-12-15/h1-7,9,11-12H,8,10H2,(H,21,22). The quantitative estimate of drug-likeness (QED) is 0.739. The first kappa shape index (κ1) is 15.5. The fourth-order valence-corrected chi connectivity index (χ4v) is 2.49. The maximum atomic E-state index is 12.0. The highest BCUT2D eigenvalue weighted by molar-refractivity contribution is 9.10. The number of hydrogen-bond donors (Lipinski definition) is 1. The molecule has 3 aromatic rings. The molecule has 0 unspecified atom stereocenters. The smallest absolute Gasteiger partial charge is 0.224 e. The number of halogens is 1. The monoisotopic (exact) mass is 370 g/mol. The van der Waals surface area contributed by atoms with Crippen molar-refractivity contribution in [2.24, 2.45) is 0 Å². The lowest BCUT2D eigenvalue weighted by atomic mass is 10.1. The minimum absolute atomic E-state index is 0.0129. The van der Waals surface area contributed by atoms with Crippen LogP contribution in [0.4, 0.5) is 0 Å². The van der Waals surface area contributed by atoms with E-state index in [0.717, 1.165) is 26.7 Å². The molecule has 5 heteroatoms. The highest BCUT2D eigenvalue weighted by atomic mass is 79.9. The highest BCUT2D eigenvalue weighted by Crippen LogP contribution is 2.19. The third-order valence-electron chi connectivity index (χ3n) is 3.42. The molecule has 0 aliphatic carbocycles. The van der Waals surface area contributed by atoms with Crippen molar-refractivity contribution < 1.29 is 9.21 Å². The number of pyridine rings is 1. The van der Waals surface area contributed by atoms with Crippen LogP contribution in [-0.2, 0) is 17.8 Å². The van der Waals surface area contributed by atoms with Crippen molar-refractivity contribution in [2.45, 2.75) is 13.0 Å². The van der Waals surface area contributed by atoms with Gasteiger partial charge in [0.05, 0.1) is 18.9 Å². The van der Waals surface area contributed by atoms with Crippen LogP contribution in [0.25, 0.3) is 11.1 Å². The van der Waals surface area contributed by atoms with E-state index in [1.807, 2.05) is 36.4 Å². The van der Waals surface area contributed by atoms with E-state index in [1.165, 1.54) is 0 Å². The fraction of sp³-hybridized carbons (Fsp3) is 0.111. The lowest BCUT2D eigenvalue weighted by Gasteiger charge is -2.07. The van der Waals surface area contributed by atoms with E-state index >= 15 is 0 Å². The van der Waals surface area contributed by atoms with Gasteiger partial charge in [0.15, 0.2) is 0 Å². The van der Waals surface area contributed by atoms with Gasteiger partial charge in [-0.2, -0.15) is 0 Å². The molecule has 3 rings (SSSR count). The van der Waals surface area contributed by atoms with Gasteiger partial charge in [-0.05, 0) is 35.4 Å². The van der Waals surface area contributed by atoms with Crippen molar-refractivity contribution in [1.82, 2.24) is 10.3 Å². The summed E-state index contributed by atoms with van der Waals surface area (Å²) in [4.78, 5) is 16.2. The Bertz CT molecular complexity index is 783. The second kappa shape index (κ2) is 7.24. The van der Waals surface area contributed by atoms with Crippen molar-refractivity contribution >= 4 is 21.8 Å². The van der Waals surface area contributed by atoms with Crippen molar-refractivity contribution in [1.29, 1.82) is 0 Å². The summed E-state index contributed by atoms with van der Waals surface area (Å²) in [7, 11) is 0. The zero-order valence-corrected chi connectivity index (χ0v) is 13.9. The molecule has 0 atom stereocenters. The van der Waals surface area contributed by atoms with Gasteiger partial charge in [-0.25, -0.2) is 0 Å². The Kier molecular flexibility index (Phi) is 4.88. The normalized spacial score (nSPS) is 10.5. The Hall–Kier alpha value is -2.40. The lowest BCUT2D eigenvalue weighted by molar-refractivity contribution is -0.120. The van der Waals surface area contributed by atoms with E-state index in [4.69, 9.17) is 4.42 Å². The van der Waals surface area contributed by atoms with Crippen LogP contribution in [0.2, 0.25) is 0 Å². The molecule has 2 heterocycles. The molecule has 23 heavy (non-hydrogen) atoms. The number of amides is 1. The minimum atomic E-state index is -0.0129. The van der Waals surface area contributed by atoms with Crippen LogP contribution in [-0.4, -0.2) is 10.9 Å². The van der Waals surface area contributed by atoms with Crippen molar-refractivity contribution in [3.8, 4) is 11.1 Å². The third-order valence-corrected chi connectivity index (χ3v) is 3.95. The SMILES string of the molecule is O=C(Cc1ccc(Br)cc1)NCc1cncc(-c2ccoc2)c1. The molecular weight excluding hydrogens is 356 g/mol. The highest BCUT2D eigenvalue weighted by Gasteiger charge is 2.05. The summed E-state index contributed by atoms with van der Waals surface area (Å²) in [5, 5.41) is 2.92. The van der Waals surface area contributed by atoms with Gasteiger partial charge in [-0.1, -0.05) is 28.1 Å². The number of hydrogen-bond acceptors (Lipinski definition) is 3. The second-order valence-corrected chi connectivity index (χ2v) is 6.09. The summed E-state index contributed by atoms with van der Waals surface area (Å²) in [6.07, 6.45) is 7.19. The number of rotatable bonds is 5. The summed E-state index contributed by atoms with van der Waals surface area (Å²) in [6, 6.07) is 11.6. The van der Waals surface area contributed by atoms with E-state index in [1.54, 1.807) is 24.9 Å². The van der Waals surface area contributed by atoms with Crippen LogP contribution in [0.3, 0.4) is 0 Å². The zero-order valence-electron chi connectivity index (χ0n) is 12.3. The van der Waals surface area contributed by atoms with Gasteiger partial charge in [0.2, 0.25) is 5.91 Å². The van der Waals surface area contributed by atoms with Crippen LogP contribution in [0, 0.1) is 0 Å². The molecule has 4 nitrogen and oxygen atoms in total. The Morgan fingerprint density at radius 3 is 2.65 bits per heavy atom. The summed E-state index contributed by atoms with van der Waals surface area (Å²) in [5.41, 5.74) is 3.88. The molecular formula is C18H15BrN2O2. The van der Waals surface area contributed by atoms with E-state index in [-0.39, 0.29) is 5.91 Å². The molecule has 0 saturated carbocycles. The average molecular weight is 371 g/mol. The number of nitrogens with one attached hydrogen (secondary N) is 1. The molecule has 0 radical (unpaired) electrons. The summed E-state index contributed by atoms with van der Waals surface area (Å²) in [6.45, 7) is 0.452. The molecule has 1 amide bonds. The number of benzene rings is 1. The van der Waals surface area contributed by atoms with Crippen molar-refractivity contribution in [3.05, 3.63) is 76.9 Å². The van der Waals surface area contributed by atoms with Crippen molar-refractivity contribution in [2.75, 3.05) is 0 Å². The number of carbonyl (C=O) groups excluding carboxylic acids is 1. The van der Waals surface area contributed by atoms with Gasteiger partial charge in [0.1, 0.15) is 0 Å². The molecule has 0 spiro atoms. The third kappa shape index (κ3) is 4.29. The Labute approximate surface area is 142 Å². The van der Waals surface area contributed by atoms with E-state index in [0.29, 0.717) is 13.0 Å². The van der Waals surface area contributed by atoms with Gasteiger partial charge in [-0.3, -0.25) is 9.78 Å². The molecule has 1 aromatic carbocycles. The van der Waals surface area contributed by atoms with Gasteiger partial charge in [0.25, 0.3) is 0 Å². The van der Waals surface area contributed by atoms with Crippen LogP contribution in [0.15, 0.2) is 70.2 Å². The molecule has 0 fully saturated rings. The second-order valence-electron chi connectivity index (χ2n) is 5.17. The number of carbonyl (C=O) groups is 1. The van der Waals surface area contributed by atoms with Gasteiger partial charge in [-0.15, -0.1) is 0 Å².